The molecule has 1 spiro atoms. The Kier molecular flexibility index (Phi) is 3.09. The molecule has 0 aliphatic carbocycles. The van der Waals surface area contributed by atoms with Crippen LogP contribution < -0.4 is 14.2 Å². The number of hydrogen-bond acceptors (Lipinski definition) is 5. The van der Waals surface area contributed by atoms with Crippen LogP contribution in [-0.4, -0.2) is 30.2 Å². The quantitative estimate of drug-likeness (QED) is 0.779. The zero-order valence-electron chi connectivity index (χ0n) is 11.0. The van der Waals surface area contributed by atoms with E-state index in [1.807, 2.05) is 11.8 Å². The number of ether oxygens (including phenoxy) is 3. The van der Waals surface area contributed by atoms with Gasteiger partial charge in [0.25, 0.3) is 5.79 Å². The molecule has 1 fully saturated rings. The van der Waals surface area contributed by atoms with E-state index in [2.05, 4.69) is 0 Å². The summed E-state index contributed by atoms with van der Waals surface area (Å²) >= 11 is 1.90. The summed E-state index contributed by atoms with van der Waals surface area (Å²) in [5.41, 5.74) is 0.561. The summed E-state index contributed by atoms with van der Waals surface area (Å²) in [5.74, 6) is 3.12. The first-order valence-corrected chi connectivity index (χ1v) is 7.48. The average molecular weight is 280 g/mol. The molecule has 0 radical (unpaired) electrons. The Bertz CT molecular complexity index is 520. The highest BCUT2D eigenvalue weighted by atomic mass is 32.2. The Labute approximate surface area is 116 Å². The molecule has 0 amide bonds. The summed E-state index contributed by atoms with van der Waals surface area (Å²) in [6, 6.07) is 3.50. The molecule has 0 bridgehead atoms. The molecule has 3 rings (SSSR count). The lowest BCUT2D eigenvalue weighted by Crippen LogP contribution is -2.42. The molecule has 0 unspecified atom stereocenters. The Hall–Kier alpha value is -1.36. The van der Waals surface area contributed by atoms with Gasteiger partial charge < -0.3 is 14.2 Å². The second-order valence-electron chi connectivity index (χ2n) is 4.76. The third-order valence-corrected chi connectivity index (χ3v) is 4.49. The minimum absolute atomic E-state index is 0.0234. The lowest BCUT2D eigenvalue weighted by molar-refractivity contribution is -0.0852. The fourth-order valence-electron chi connectivity index (χ4n) is 2.46. The van der Waals surface area contributed by atoms with Crippen LogP contribution in [0.2, 0.25) is 0 Å². The van der Waals surface area contributed by atoms with Gasteiger partial charge >= 0.3 is 0 Å². The van der Waals surface area contributed by atoms with Gasteiger partial charge in [-0.2, -0.15) is 11.8 Å². The SMILES string of the molecule is COc1ccc(C(C)=O)c2c1OC1(CCSCC1)O2. The molecular formula is C14H16O4S. The van der Waals surface area contributed by atoms with Crippen molar-refractivity contribution in [3.63, 3.8) is 0 Å². The first-order chi connectivity index (χ1) is 9.15. The van der Waals surface area contributed by atoms with Gasteiger partial charge in [0.15, 0.2) is 17.3 Å². The monoisotopic (exact) mass is 280 g/mol. The van der Waals surface area contributed by atoms with E-state index in [9.17, 15) is 4.79 Å². The predicted molar refractivity (Wildman–Crippen MR) is 73.5 cm³/mol. The number of benzene rings is 1. The Morgan fingerprint density at radius 2 is 1.95 bits per heavy atom. The van der Waals surface area contributed by atoms with Crippen LogP contribution in [0.3, 0.4) is 0 Å². The molecule has 19 heavy (non-hydrogen) atoms. The number of rotatable bonds is 2. The van der Waals surface area contributed by atoms with Crippen LogP contribution in [0, 0.1) is 0 Å². The van der Waals surface area contributed by atoms with E-state index in [1.54, 1.807) is 19.2 Å². The summed E-state index contributed by atoms with van der Waals surface area (Å²) < 4.78 is 17.4. The highest BCUT2D eigenvalue weighted by Gasteiger charge is 2.45. The molecule has 2 aliphatic heterocycles. The van der Waals surface area contributed by atoms with Gasteiger partial charge in [-0.1, -0.05) is 0 Å². The normalized spacial score (nSPS) is 19.5. The predicted octanol–water partition coefficient (Wildman–Crippen LogP) is 2.89. The molecule has 0 N–H and O–H groups in total. The first-order valence-electron chi connectivity index (χ1n) is 6.33. The van der Waals surface area contributed by atoms with Gasteiger partial charge in [0.1, 0.15) is 0 Å². The Balaban J connectivity index is 2.04. The van der Waals surface area contributed by atoms with Crippen molar-refractivity contribution in [1.29, 1.82) is 0 Å². The molecule has 1 aromatic carbocycles. The van der Waals surface area contributed by atoms with Crippen molar-refractivity contribution in [2.45, 2.75) is 25.6 Å². The van der Waals surface area contributed by atoms with Crippen molar-refractivity contribution in [3.05, 3.63) is 17.7 Å². The zero-order chi connectivity index (χ0) is 13.5. The van der Waals surface area contributed by atoms with Gasteiger partial charge in [0, 0.05) is 24.3 Å². The van der Waals surface area contributed by atoms with Gasteiger partial charge in [-0.25, -0.2) is 0 Å². The number of methoxy groups -OCH3 is 1. The molecule has 1 aromatic rings. The summed E-state index contributed by atoms with van der Waals surface area (Å²) in [6.45, 7) is 1.53. The number of carbonyl (C=O) groups is 1. The fourth-order valence-corrected chi connectivity index (χ4v) is 3.57. The Morgan fingerprint density at radius 3 is 2.58 bits per heavy atom. The van der Waals surface area contributed by atoms with Crippen molar-refractivity contribution in [2.75, 3.05) is 18.6 Å². The maximum absolute atomic E-state index is 11.7. The van der Waals surface area contributed by atoms with E-state index in [-0.39, 0.29) is 5.78 Å². The number of carbonyl (C=O) groups excluding carboxylic acids is 1. The second-order valence-corrected chi connectivity index (χ2v) is 5.98. The van der Waals surface area contributed by atoms with E-state index in [0.717, 1.165) is 24.3 Å². The molecule has 1 saturated heterocycles. The lowest BCUT2D eigenvalue weighted by atomic mass is 10.1. The summed E-state index contributed by atoms with van der Waals surface area (Å²) in [4.78, 5) is 11.7. The molecule has 5 heteroatoms. The number of hydrogen-bond donors (Lipinski definition) is 0. The van der Waals surface area contributed by atoms with Gasteiger partial charge in [-0.3, -0.25) is 4.79 Å². The highest BCUT2D eigenvalue weighted by Crippen LogP contribution is 2.51. The van der Waals surface area contributed by atoms with Gasteiger partial charge in [-0.05, 0) is 19.1 Å². The van der Waals surface area contributed by atoms with Crippen LogP contribution in [-0.2, 0) is 0 Å². The van der Waals surface area contributed by atoms with Crippen LogP contribution in [0.5, 0.6) is 17.2 Å². The number of Topliss-reactive ketones (excluding diaryl/α,β-unsaturated/α-hetero) is 1. The second kappa shape index (κ2) is 4.63. The Morgan fingerprint density at radius 1 is 1.26 bits per heavy atom. The van der Waals surface area contributed by atoms with E-state index >= 15 is 0 Å². The lowest BCUT2D eigenvalue weighted by Gasteiger charge is -2.31. The molecule has 2 heterocycles. The fraction of sp³-hybridized carbons (Fsp3) is 0.500. The summed E-state index contributed by atoms with van der Waals surface area (Å²) in [6.07, 6.45) is 1.65. The third-order valence-electron chi connectivity index (χ3n) is 3.51. The minimum atomic E-state index is -0.605. The number of fused-ring (bicyclic) bond motifs is 1. The summed E-state index contributed by atoms with van der Waals surface area (Å²) in [7, 11) is 1.59. The van der Waals surface area contributed by atoms with E-state index in [4.69, 9.17) is 14.2 Å². The maximum Gasteiger partial charge on any atom is 0.253 e. The number of thioether (sulfide) groups is 1. The van der Waals surface area contributed by atoms with Crippen molar-refractivity contribution >= 4 is 17.5 Å². The van der Waals surface area contributed by atoms with Crippen LogP contribution in [0.1, 0.15) is 30.1 Å². The van der Waals surface area contributed by atoms with Gasteiger partial charge in [0.05, 0.1) is 12.7 Å². The van der Waals surface area contributed by atoms with Crippen LogP contribution in [0.4, 0.5) is 0 Å². The van der Waals surface area contributed by atoms with E-state index < -0.39 is 5.79 Å². The topological polar surface area (TPSA) is 44.8 Å². The smallest absolute Gasteiger partial charge is 0.253 e. The zero-order valence-corrected chi connectivity index (χ0v) is 11.8. The van der Waals surface area contributed by atoms with Crippen LogP contribution >= 0.6 is 11.8 Å². The largest absolute Gasteiger partial charge is 0.493 e. The molecule has 4 nitrogen and oxygen atoms in total. The van der Waals surface area contributed by atoms with E-state index in [0.29, 0.717) is 22.8 Å². The van der Waals surface area contributed by atoms with E-state index in [1.165, 1.54) is 6.92 Å². The molecular weight excluding hydrogens is 264 g/mol. The van der Waals surface area contributed by atoms with Crippen molar-refractivity contribution in [3.8, 4) is 17.2 Å². The maximum atomic E-state index is 11.7. The van der Waals surface area contributed by atoms with Crippen molar-refractivity contribution in [2.24, 2.45) is 0 Å². The molecule has 2 aliphatic rings. The van der Waals surface area contributed by atoms with Crippen LogP contribution in [0.25, 0.3) is 0 Å². The average Bonchev–Trinajstić information content (AvgIpc) is 2.76. The molecule has 0 aromatic heterocycles. The van der Waals surface area contributed by atoms with Crippen molar-refractivity contribution in [1.82, 2.24) is 0 Å². The molecule has 0 saturated carbocycles. The first kappa shape index (κ1) is 12.7. The van der Waals surface area contributed by atoms with Gasteiger partial charge in [-0.15, -0.1) is 0 Å². The minimum Gasteiger partial charge on any atom is -0.493 e. The standard InChI is InChI=1S/C14H16O4S/c1-9(15)10-3-4-11(16-2)13-12(10)17-14(18-13)5-7-19-8-6-14/h3-4H,5-8H2,1-2H3. The molecule has 0 atom stereocenters. The van der Waals surface area contributed by atoms with Crippen LogP contribution in [0.15, 0.2) is 12.1 Å². The number of ketones is 1. The highest BCUT2D eigenvalue weighted by molar-refractivity contribution is 7.99. The summed E-state index contributed by atoms with van der Waals surface area (Å²) in [5, 5.41) is 0. The molecule has 102 valence electrons. The third kappa shape index (κ3) is 2.06. The van der Waals surface area contributed by atoms with Gasteiger partial charge in [0.2, 0.25) is 5.75 Å². The van der Waals surface area contributed by atoms with Crippen molar-refractivity contribution < 1.29 is 19.0 Å².